The molecule has 0 aliphatic carbocycles. The third-order valence-corrected chi connectivity index (χ3v) is 6.07. The predicted molar refractivity (Wildman–Crippen MR) is 139 cm³/mol. The summed E-state index contributed by atoms with van der Waals surface area (Å²) in [6.45, 7) is 9.11. The fourth-order valence-electron chi connectivity index (χ4n) is 4.11. The molecular formula is C27H33N5O3. The van der Waals surface area contributed by atoms with Gasteiger partial charge in [-0.15, -0.1) is 0 Å². The molecule has 184 valence electrons. The molecule has 1 aliphatic heterocycles. The van der Waals surface area contributed by atoms with Crippen molar-refractivity contribution in [1.29, 1.82) is 0 Å². The van der Waals surface area contributed by atoms with Gasteiger partial charge in [0.25, 0.3) is 0 Å². The molecule has 0 saturated carbocycles. The maximum absolute atomic E-state index is 12.7. The number of carbonyl (C=O) groups is 2. The number of nitrogens with zero attached hydrogens (tertiary/aromatic N) is 2. The first-order valence-electron chi connectivity index (χ1n) is 12.0. The maximum Gasteiger partial charge on any atom is 0.324 e. The molecule has 4 rings (SSSR count). The van der Waals surface area contributed by atoms with Gasteiger partial charge < -0.3 is 25.3 Å². The first kappa shape index (κ1) is 24.3. The van der Waals surface area contributed by atoms with Crippen LogP contribution in [-0.2, 0) is 16.1 Å². The van der Waals surface area contributed by atoms with Crippen molar-refractivity contribution in [3.8, 4) is 11.3 Å². The SMILES string of the molecule is CCOCc1ccc(C)c(Nc2ccc(-c3ccc(N4CCN(CCNC(C)=O)C4=O)cc3)[nH]2)c1. The summed E-state index contributed by atoms with van der Waals surface area (Å²) in [5.41, 5.74) is 6.23. The van der Waals surface area contributed by atoms with E-state index in [2.05, 4.69) is 40.7 Å². The zero-order valence-corrected chi connectivity index (χ0v) is 20.6. The summed E-state index contributed by atoms with van der Waals surface area (Å²) >= 11 is 0. The van der Waals surface area contributed by atoms with Crippen molar-refractivity contribution in [2.24, 2.45) is 0 Å². The number of amides is 3. The lowest BCUT2D eigenvalue weighted by molar-refractivity contribution is -0.118. The molecule has 3 aromatic rings. The number of carbonyl (C=O) groups excluding carboxylic acids is 2. The summed E-state index contributed by atoms with van der Waals surface area (Å²) in [4.78, 5) is 30.8. The summed E-state index contributed by atoms with van der Waals surface area (Å²) in [6, 6.07) is 18.3. The number of rotatable bonds is 10. The molecule has 2 heterocycles. The number of hydrogen-bond acceptors (Lipinski definition) is 4. The summed E-state index contributed by atoms with van der Waals surface area (Å²) in [6.07, 6.45) is 0. The third-order valence-electron chi connectivity index (χ3n) is 6.07. The van der Waals surface area contributed by atoms with Crippen LogP contribution in [0.15, 0.2) is 54.6 Å². The third kappa shape index (κ3) is 6.02. The molecule has 1 aliphatic rings. The zero-order chi connectivity index (χ0) is 24.8. The molecule has 3 N–H and O–H groups in total. The first-order valence-corrected chi connectivity index (χ1v) is 12.0. The number of ether oxygens (including phenoxy) is 1. The number of aryl methyl sites for hydroxylation is 1. The molecule has 0 radical (unpaired) electrons. The van der Waals surface area contributed by atoms with Crippen molar-refractivity contribution in [3.05, 3.63) is 65.7 Å². The van der Waals surface area contributed by atoms with E-state index in [9.17, 15) is 9.59 Å². The minimum Gasteiger partial charge on any atom is -0.377 e. The van der Waals surface area contributed by atoms with Crippen LogP contribution in [0.1, 0.15) is 25.0 Å². The van der Waals surface area contributed by atoms with Crippen molar-refractivity contribution >= 4 is 29.1 Å². The Balaban J connectivity index is 1.39. The Morgan fingerprint density at radius 1 is 1.09 bits per heavy atom. The van der Waals surface area contributed by atoms with Gasteiger partial charge in [-0.25, -0.2) is 4.79 Å². The van der Waals surface area contributed by atoms with Crippen molar-refractivity contribution < 1.29 is 14.3 Å². The van der Waals surface area contributed by atoms with Crippen LogP contribution in [0.25, 0.3) is 11.3 Å². The Kier molecular flexibility index (Phi) is 7.72. The number of H-pyrrole nitrogens is 1. The van der Waals surface area contributed by atoms with E-state index in [0.717, 1.165) is 39.6 Å². The van der Waals surface area contributed by atoms with Gasteiger partial charge in [-0.2, -0.15) is 0 Å². The van der Waals surface area contributed by atoms with E-state index >= 15 is 0 Å². The van der Waals surface area contributed by atoms with E-state index in [1.807, 2.05) is 43.3 Å². The van der Waals surface area contributed by atoms with Crippen molar-refractivity contribution in [1.82, 2.24) is 15.2 Å². The van der Waals surface area contributed by atoms with Gasteiger partial charge in [0.15, 0.2) is 0 Å². The van der Waals surface area contributed by atoms with Crippen molar-refractivity contribution in [3.63, 3.8) is 0 Å². The normalized spacial score (nSPS) is 13.4. The van der Waals surface area contributed by atoms with Crippen LogP contribution in [0.4, 0.5) is 22.0 Å². The second kappa shape index (κ2) is 11.1. The van der Waals surface area contributed by atoms with Gasteiger partial charge in [-0.3, -0.25) is 9.69 Å². The quantitative estimate of drug-likeness (QED) is 0.398. The highest BCUT2D eigenvalue weighted by molar-refractivity contribution is 5.94. The van der Waals surface area contributed by atoms with Crippen LogP contribution in [0.2, 0.25) is 0 Å². The van der Waals surface area contributed by atoms with Gasteiger partial charge in [-0.05, 0) is 60.9 Å². The van der Waals surface area contributed by atoms with E-state index < -0.39 is 0 Å². The average Bonchev–Trinajstić information content (AvgIpc) is 3.46. The van der Waals surface area contributed by atoms with Gasteiger partial charge in [0.1, 0.15) is 5.82 Å². The highest BCUT2D eigenvalue weighted by atomic mass is 16.5. The lowest BCUT2D eigenvalue weighted by atomic mass is 10.1. The van der Waals surface area contributed by atoms with Crippen molar-refractivity contribution in [2.45, 2.75) is 27.4 Å². The second-order valence-electron chi connectivity index (χ2n) is 8.65. The Hall–Kier alpha value is -3.78. The van der Waals surface area contributed by atoms with E-state index in [0.29, 0.717) is 39.4 Å². The number of benzene rings is 2. The average molecular weight is 476 g/mol. The molecule has 8 nitrogen and oxygen atoms in total. The number of urea groups is 1. The summed E-state index contributed by atoms with van der Waals surface area (Å²) < 4.78 is 5.53. The Labute approximate surface area is 206 Å². The molecule has 0 bridgehead atoms. The molecule has 8 heteroatoms. The van der Waals surface area contributed by atoms with Gasteiger partial charge in [0.2, 0.25) is 5.91 Å². The van der Waals surface area contributed by atoms with Gasteiger partial charge in [0, 0.05) is 56.8 Å². The lowest BCUT2D eigenvalue weighted by Crippen LogP contribution is -2.37. The number of aromatic amines is 1. The fourth-order valence-corrected chi connectivity index (χ4v) is 4.11. The standard InChI is InChI=1S/C27H33N5O3/c1-4-35-18-21-6-5-19(2)25(17-21)30-26-12-11-24(29-26)22-7-9-23(10-8-22)32-16-15-31(27(32)34)14-13-28-20(3)33/h5-12,17,29-30H,4,13-16,18H2,1-3H3,(H,28,33). The predicted octanol–water partition coefficient (Wildman–Crippen LogP) is 4.65. The first-order chi connectivity index (χ1) is 16.9. The second-order valence-corrected chi connectivity index (χ2v) is 8.65. The van der Waals surface area contributed by atoms with Crippen molar-refractivity contribution in [2.75, 3.05) is 43.0 Å². The van der Waals surface area contributed by atoms with Gasteiger partial charge in [-0.1, -0.05) is 24.3 Å². The van der Waals surface area contributed by atoms with Gasteiger partial charge in [0.05, 0.1) is 6.61 Å². The maximum atomic E-state index is 12.7. The minimum absolute atomic E-state index is 0.0311. The molecule has 1 fully saturated rings. The lowest BCUT2D eigenvalue weighted by Gasteiger charge is -2.19. The summed E-state index contributed by atoms with van der Waals surface area (Å²) in [5.74, 6) is 0.822. The van der Waals surface area contributed by atoms with Crippen LogP contribution in [0, 0.1) is 6.92 Å². The van der Waals surface area contributed by atoms with E-state index in [1.54, 1.807) is 9.80 Å². The molecule has 0 spiro atoms. The van der Waals surface area contributed by atoms with E-state index in [4.69, 9.17) is 4.74 Å². The molecule has 2 aromatic carbocycles. The molecule has 0 unspecified atom stereocenters. The molecule has 0 atom stereocenters. The Morgan fingerprint density at radius 2 is 1.89 bits per heavy atom. The summed E-state index contributed by atoms with van der Waals surface area (Å²) in [7, 11) is 0. The van der Waals surface area contributed by atoms with Crippen LogP contribution in [0.3, 0.4) is 0 Å². The van der Waals surface area contributed by atoms with Crippen LogP contribution in [-0.4, -0.2) is 54.6 Å². The molecule has 1 saturated heterocycles. The number of nitrogens with one attached hydrogen (secondary N) is 3. The summed E-state index contributed by atoms with van der Waals surface area (Å²) in [5, 5.41) is 6.21. The Morgan fingerprint density at radius 3 is 2.63 bits per heavy atom. The van der Waals surface area contributed by atoms with E-state index in [1.165, 1.54) is 6.92 Å². The van der Waals surface area contributed by atoms with Crippen LogP contribution < -0.4 is 15.5 Å². The monoisotopic (exact) mass is 475 g/mol. The number of aromatic nitrogens is 1. The van der Waals surface area contributed by atoms with E-state index in [-0.39, 0.29) is 11.9 Å². The molecular weight excluding hydrogens is 442 g/mol. The smallest absolute Gasteiger partial charge is 0.324 e. The molecule has 3 amide bonds. The highest BCUT2D eigenvalue weighted by Crippen LogP contribution is 2.28. The zero-order valence-electron chi connectivity index (χ0n) is 20.6. The molecule has 1 aromatic heterocycles. The number of anilines is 3. The topological polar surface area (TPSA) is 89.7 Å². The largest absolute Gasteiger partial charge is 0.377 e. The van der Waals surface area contributed by atoms with Crippen LogP contribution >= 0.6 is 0 Å². The fraction of sp³-hybridized carbons (Fsp3) is 0.333. The van der Waals surface area contributed by atoms with Gasteiger partial charge >= 0.3 is 6.03 Å². The van der Waals surface area contributed by atoms with Crippen LogP contribution in [0.5, 0.6) is 0 Å². The Bertz CT molecular complexity index is 1170. The molecule has 35 heavy (non-hydrogen) atoms. The minimum atomic E-state index is -0.0861. The number of hydrogen-bond donors (Lipinski definition) is 3. The highest BCUT2D eigenvalue weighted by Gasteiger charge is 2.29.